The van der Waals surface area contributed by atoms with Gasteiger partial charge in [-0.1, -0.05) is 33.6 Å². The molecule has 0 saturated carbocycles. The molecule has 0 aromatic rings. The second kappa shape index (κ2) is 6.39. The summed E-state index contributed by atoms with van der Waals surface area (Å²) in [6.45, 7) is 6.09. The van der Waals surface area contributed by atoms with E-state index in [2.05, 4.69) is 6.92 Å². The van der Waals surface area contributed by atoms with Crippen LogP contribution in [0.4, 0.5) is 0 Å². The molecule has 0 spiro atoms. The first-order chi connectivity index (χ1) is 6.08. The molecule has 0 aromatic carbocycles. The lowest BCUT2D eigenvalue weighted by Crippen LogP contribution is -2.32. The van der Waals surface area contributed by atoms with Crippen molar-refractivity contribution in [3.05, 3.63) is 0 Å². The van der Waals surface area contributed by atoms with Crippen molar-refractivity contribution in [1.82, 2.24) is 0 Å². The molecule has 0 aromatic heterocycles. The van der Waals surface area contributed by atoms with Crippen LogP contribution in [-0.2, 0) is 0 Å². The summed E-state index contributed by atoms with van der Waals surface area (Å²) in [5.74, 6) is 0. The monoisotopic (exact) mass is 188 g/mol. The Kier molecular flexibility index (Phi) is 6.35. The molecule has 0 fully saturated rings. The fraction of sp³-hybridized carbons (Fsp3) is 1.00. The highest BCUT2D eigenvalue weighted by Crippen LogP contribution is 2.24. The second-order valence-electron chi connectivity index (χ2n) is 3.97. The molecular formula is C11H24O2. The Hall–Kier alpha value is -0.0800. The molecule has 0 rings (SSSR count). The highest BCUT2D eigenvalue weighted by molar-refractivity contribution is 4.79. The van der Waals surface area contributed by atoms with Crippen LogP contribution >= 0.6 is 0 Å². The summed E-state index contributed by atoms with van der Waals surface area (Å²) in [6, 6.07) is 0. The molecule has 2 unspecified atom stereocenters. The number of aliphatic hydroxyl groups excluding tert-OH is 1. The maximum absolute atomic E-state index is 10.1. The molecule has 0 amide bonds. The number of aliphatic hydroxyl groups is 2. The van der Waals surface area contributed by atoms with E-state index in [4.69, 9.17) is 0 Å². The molecule has 2 nitrogen and oxygen atoms in total. The van der Waals surface area contributed by atoms with Crippen molar-refractivity contribution >= 4 is 0 Å². The molecule has 0 aliphatic carbocycles. The second-order valence-corrected chi connectivity index (χ2v) is 3.97. The Morgan fingerprint density at radius 3 is 2.15 bits per heavy atom. The van der Waals surface area contributed by atoms with Gasteiger partial charge in [-0.05, 0) is 19.3 Å². The van der Waals surface area contributed by atoms with Gasteiger partial charge in [0.1, 0.15) is 0 Å². The number of rotatable bonds is 7. The molecule has 2 N–H and O–H groups in total. The lowest BCUT2D eigenvalue weighted by atomic mass is 9.88. The molecule has 2 heteroatoms. The summed E-state index contributed by atoms with van der Waals surface area (Å²) in [4.78, 5) is 0. The molecule has 2 atom stereocenters. The third-order valence-electron chi connectivity index (χ3n) is 2.61. The van der Waals surface area contributed by atoms with Gasteiger partial charge < -0.3 is 10.2 Å². The zero-order chi connectivity index (χ0) is 10.3. The first kappa shape index (κ1) is 12.9. The lowest BCUT2D eigenvalue weighted by molar-refractivity contribution is -0.0227. The van der Waals surface area contributed by atoms with Crippen LogP contribution in [0.15, 0.2) is 0 Å². The molecule has 80 valence electrons. The molecular weight excluding hydrogens is 164 g/mol. The average molecular weight is 188 g/mol. The highest BCUT2D eigenvalue weighted by Gasteiger charge is 2.26. The topological polar surface area (TPSA) is 40.5 Å². The predicted octanol–water partition coefficient (Wildman–Crippen LogP) is 2.48. The first-order valence-electron chi connectivity index (χ1n) is 5.48. The molecule has 0 aliphatic heterocycles. The third kappa shape index (κ3) is 5.27. The van der Waals surface area contributed by atoms with Crippen LogP contribution in [0.5, 0.6) is 0 Å². The van der Waals surface area contributed by atoms with Crippen LogP contribution < -0.4 is 0 Å². The van der Waals surface area contributed by atoms with Crippen molar-refractivity contribution in [3.63, 3.8) is 0 Å². The summed E-state index contributed by atoms with van der Waals surface area (Å²) in [5, 5.41) is 19.6. The van der Waals surface area contributed by atoms with Crippen LogP contribution in [0.2, 0.25) is 0 Å². The SMILES string of the molecule is CCCC(O)CC(O)(CC)CCC. The average Bonchev–Trinajstić information content (AvgIpc) is 2.05. The van der Waals surface area contributed by atoms with Crippen LogP contribution in [0, 0.1) is 0 Å². The summed E-state index contributed by atoms with van der Waals surface area (Å²) in [6.07, 6.45) is 4.49. The van der Waals surface area contributed by atoms with E-state index in [1.165, 1.54) is 0 Å². The van der Waals surface area contributed by atoms with Gasteiger partial charge in [-0.15, -0.1) is 0 Å². The zero-order valence-electron chi connectivity index (χ0n) is 9.21. The van der Waals surface area contributed by atoms with Gasteiger partial charge in [0.2, 0.25) is 0 Å². The van der Waals surface area contributed by atoms with E-state index in [1.54, 1.807) is 0 Å². The minimum Gasteiger partial charge on any atom is -0.393 e. The fourth-order valence-corrected chi connectivity index (χ4v) is 1.76. The van der Waals surface area contributed by atoms with Crippen molar-refractivity contribution in [2.24, 2.45) is 0 Å². The van der Waals surface area contributed by atoms with Crippen molar-refractivity contribution < 1.29 is 10.2 Å². The van der Waals surface area contributed by atoms with Gasteiger partial charge in [0.25, 0.3) is 0 Å². The molecule has 0 aliphatic rings. The van der Waals surface area contributed by atoms with Crippen molar-refractivity contribution in [3.8, 4) is 0 Å². The van der Waals surface area contributed by atoms with Crippen molar-refractivity contribution in [2.75, 3.05) is 0 Å². The van der Waals surface area contributed by atoms with E-state index in [0.717, 1.165) is 32.1 Å². The maximum Gasteiger partial charge on any atom is 0.0669 e. The summed E-state index contributed by atoms with van der Waals surface area (Å²) in [7, 11) is 0. The third-order valence-corrected chi connectivity index (χ3v) is 2.61. The summed E-state index contributed by atoms with van der Waals surface area (Å²) < 4.78 is 0. The van der Waals surface area contributed by atoms with Crippen LogP contribution in [0.25, 0.3) is 0 Å². The van der Waals surface area contributed by atoms with E-state index in [1.807, 2.05) is 13.8 Å². The van der Waals surface area contributed by atoms with Gasteiger partial charge in [-0.3, -0.25) is 0 Å². The Morgan fingerprint density at radius 1 is 1.15 bits per heavy atom. The smallest absolute Gasteiger partial charge is 0.0669 e. The minimum absolute atomic E-state index is 0.332. The fourth-order valence-electron chi connectivity index (χ4n) is 1.76. The molecule has 0 heterocycles. The Labute approximate surface area is 82.0 Å². The highest BCUT2D eigenvalue weighted by atomic mass is 16.3. The standard InChI is InChI=1S/C11H24O2/c1-4-7-10(12)9-11(13,6-3)8-5-2/h10,12-13H,4-9H2,1-3H3. The van der Waals surface area contributed by atoms with Gasteiger partial charge >= 0.3 is 0 Å². The largest absolute Gasteiger partial charge is 0.393 e. The quantitative estimate of drug-likeness (QED) is 0.644. The summed E-state index contributed by atoms with van der Waals surface area (Å²) >= 11 is 0. The van der Waals surface area contributed by atoms with Crippen molar-refractivity contribution in [2.45, 2.75) is 71.0 Å². The lowest BCUT2D eigenvalue weighted by Gasteiger charge is -2.28. The number of hydrogen-bond donors (Lipinski definition) is 2. The minimum atomic E-state index is -0.636. The Balaban J connectivity index is 3.93. The van der Waals surface area contributed by atoms with Crippen molar-refractivity contribution in [1.29, 1.82) is 0 Å². The van der Waals surface area contributed by atoms with E-state index in [-0.39, 0.29) is 6.10 Å². The van der Waals surface area contributed by atoms with Gasteiger partial charge in [0, 0.05) is 6.42 Å². The Morgan fingerprint density at radius 2 is 1.77 bits per heavy atom. The van der Waals surface area contributed by atoms with Crippen LogP contribution in [-0.4, -0.2) is 21.9 Å². The van der Waals surface area contributed by atoms with Crippen LogP contribution in [0.1, 0.15) is 59.3 Å². The molecule has 0 radical (unpaired) electrons. The van der Waals surface area contributed by atoms with E-state index in [9.17, 15) is 10.2 Å². The van der Waals surface area contributed by atoms with Gasteiger partial charge in [-0.2, -0.15) is 0 Å². The number of hydrogen-bond acceptors (Lipinski definition) is 2. The van der Waals surface area contributed by atoms with E-state index >= 15 is 0 Å². The summed E-state index contributed by atoms with van der Waals surface area (Å²) in [5.41, 5.74) is -0.636. The van der Waals surface area contributed by atoms with Crippen LogP contribution in [0.3, 0.4) is 0 Å². The molecule has 0 bridgehead atoms. The predicted molar refractivity (Wildman–Crippen MR) is 55.7 cm³/mol. The normalized spacial score (nSPS) is 18.2. The van der Waals surface area contributed by atoms with Gasteiger partial charge in [-0.25, -0.2) is 0 Å². The van der Waals surface area contributed by atoms with Gasteiger partial charge in [0.15, 0.2) is 0 Å². The zero-order valence-corrected chi connectivity index (χ0v) is 9.21. The maximum atomic E-state index is 10.1. The molecule has 13 heavy (non-hydrogen) atoms. The first-order valence-corrected chi connectivity index (χ1v) is 5.48. The Bertz CT molecular complexity index is 125. The van der Waals surface area contributed by atoms with Gasteiger partial charge in [0.05, 0.1) is 11.7 Å². The van der Waals surface area contributed by atoms with E-state index < -0.39 is 5.60 Å². The van der Waals surface area contributed by atoms with E-state index in [0.29, 0.717) is 6.42 Å². The molecule has 0 saturated heterocycles.